The molecule has 0 unspecified atom stereocenters. The first kappa shape index (κ1) is 20.1. The molecule has 1 aliphatic carbocycles. The number of fused-ring (bicyclic) bond motifs is 3. The molecule has 0 atom stereocenters. The Balaban J connectivity index is 1.25. The maximum atomic E-state index is 13.2. The summed E-state index contributed by atoms with van der Waals surface area (Å²) in [6.45, 7) is 4.38. The smallest absolute Gasteiger partial charge is 0.220 e. The van der Waals surface area contributed by atoms with E-state index in [9.17, 15) is 9.18 Å². The van der Waals surface area contributed by atoms with Crippen molar-refractivity contribution in [1.82, 2.24) is 24.6 Å². The van der Waals surface area contributed by atoms with Crippen molar-refractivity contribution in [3.8, 4) is 11.4 Å². The standard InChI is InChI=1S/C24H25FN6O2/c1-15(32)29-11-16-7-19(33-2)4-5-20(16)31-22(12-29)27-28-23(31)17-8-24(9-17)13-30(14-24)21-6-3-18(25)10-26-21/h3-7,10,17H,8-9,11-14H2,1-2H3. The number of carbonyl (C=O) groups is 1. The van der Waals surface area contributed by atoms with E-state index in [4.69, 9.17) is 4.74 Å². The number of halogens is 1. The largest absolute Gasteiger partial charge is 0.497 e. The van der Waals surface area contributed by atoms with Crippen LogP contribution in [0.3, 0.4) is 0 Å². The van der Waals surface area contributed by atoms with Crippen molar-refractivity contribution in [2.45, 2.75) is 38.8 Å². The van der Waals surface area contributed by atoms with Gasteiger partial charge in [-0.3, -0.25) is 9.36 Å². The molecule has 33 heavy (non-hydrogen) atoms. The van der Waals surface area contributed by atoms with Crippen LogP contribution in [-0.2, 0) is 17.9 Å². The van der Waals surface area contributed by atoms with Crippen molar-refractivity contribution in [3.63, 3.8) is 0 Å². The van der Waals surface area contributed by atoms with E-state index >= 15 is 0 Å². The molecule has 1 saturated heterocycles. The van der Waals surface area contributed by atoms with Gasteiger partial charge in [-0.15, -0.1) is 10.2 Å². The van der Waals surface area contributed by atoms with Crippen LogP contribution in [0.5, 0.6) is 5.75 Å². The average Bonchev–Trinajstić information content (AvgIpc) is 3.07. The molecule has 3 aliphatic rings. The number of amides is 1. The van der Waals surface area contributed by atoms with E-state index in [0.717, 1.165) is 60.4 Å². The van der Waals surface area contributed by atoms with Gasteiger partial charge in [-0.05, 0) is 48.7 Å². The molecular formula is C24H25FN6O2. The minimum atomic E-state index is -0.313. The average molecular weight is 449 g/mol. The fraction of sp³-hybridized carbons (Fsp3) is 0.417. The van der Waals surface area contributed by atoms with Gasteiger partial charge in [0.25, 0.3) is 0 Å². The van der Waals surface area contributed by atoms with Gasteiger partial charge in [0.05, 0.1) is 25.5 Å². The summed E-state index contributed by atoms with van der Waals surface area (Å²) in [6, 6.07) is 9.17. The van der Waals surface area contributed by atoms with E-state index in [1.165, 1.54) is 12.3 Å². The number of aromatic nitrogens is 4. The third-order valence-electron chi connectivity index (χ3n) is 7.23. The van der Waals surface area contributed by atoms with Gasteiger partial charge in [0.15, 0.2) is 5.82 Å². The number of ether oxygens (including phenoxy) is 1. The van der Waals surface area contributed by atoms with Gasteiger partial charge < -0.3 is 14.5 Å². The minimum absolute atomic E-state index is 0.00771. The van der Waals surface area contributed by atoms with E-state index < -0.39 is 0 Å². The first-order valence-electron chi connectivity index (χ1n) is 11.2. The fourth-order valence-corrected chi connectivity index (χ4v) is 5.56. The van der Waals surface area contributed by atoms with Gasteiger partial charge in [-0.1, -0.05) is 0 Å². The minimum Gasteiger partial charge on any atom is -0.497 e. The van der Waals surface area contributed by atoms with E-state index in [2.05, 4.69) is 24.6 Å². The Morgan fingerprint density at radius 2 is 1.97 bits per heavy atom. The lowest BCUT2D eigenvalue weighted by atomic mass is 9.57. The van der Waals surface area contributed by atoms with Crippen molar-refractivity contribution < 1.29 is 13.9 Å². The lowest BCUT2D eigenvalue weighted by Gasteiger charge is -2.59. The quantitative estimate of drug-likeness (QED) is 0.613. The number of methoxy groups -OCH3 is 1. The third-order valence-corrected chi connectivity index (χ3v) is 7.23. The maximum Gasteiger partial charge on any atom is 0.220 e. The van der Waals surface area contributed by atoms with Crippen LogP contribution in [0.4, 0.5) is 10.2 Å². The van der Waals surface area contributed by atoms with Crippen LogP contribution >= 0.6 is 0 Å². The monoisotopic (exact) mass is 448 g/mol. The second kappa shape index (κ2) is 7.26. The van der Waals surface area contributed by atoms with Crippen molar-refractivity contribution in [2.75, 3.05) is 25.1 Å². The van der Waals surface area contributed by atoms with Crippen LogP contribution in [0.1, 0.15) is 42.9 Å². The molecule has 0 radical (unpaired) electrons. The van der Waals surface area contributed by atoms with Crippen LogP contribution in [0.25, 0.3) is 5.69 Å². The molecule has 2 aromatic heterocycles. The number of benzene rings is 1. The highest BCUT2D eigenvalue weighted by atomic mass is 19.1. The first-order chi connectivity index (χ1) is 15.9. The Hall–Kier alpha value is -3.49. The molecule has 1 amide bonds. The molecule has 4 heterocycles. The summed E-state index contributed by atoms with van der Waals surface area (Å²) >= 11 is 0. The molecule has 1 spiro atoms. The van der Waals surface area contributed by atoms with Crippen molar-refractivity contribution in [2.24, 2.45) is 5.41 Å². The number of anilines is 1. The Labute approximate surface area is 191 Å². The Morgan fingerprint density at radius 3 is 2.67 bits per heavy atom. The lowest BCUT2D eigenvalue weighted by Crippen LogP contribution is -2.62. The number of pyridine rings is 1. The fourth-order valence-electron chi connectivity index (χ4n) is 5.56. The van der Waals surface area contributed by atoms with Gasteiger partial charge >= 0.3 is 0 Å². The predicted octanol–water partition coefficient (Wildman–Crippen LogP) is 3.06. The molecule has 170 valence electrons. The van der Waals surface area contributed by atoms with Crippen LogP contribution in [-0.4, -0.2) is 50.8 Å². The van der Waals surface area contributed by atoms with Gasteiger partial charge in [0, 0.05) is 37.9 Å². The maximum absolute atomic E-state index is 13.2. The van der Waals surface area contributed by atoms with Crippen molar-refractivity contribution in [1.29, 1.82) is 0 Å². The van der Waals surface area contributed by atoms with Crippen LogP contribution < -0.4 is 9.64 Å². The molecule has 3 aromatic rings. The summed E-state index contributed by atoms with van der Waals surface area (Å²) in [7, 11) is 1.65. The summed E-state index contributed by atoms with van der Waals surface area (Å²) in [6.07, 6.45) is 3.33. The molecule has 9 heteroatoms. The second-order valence-electron chi connectivity index (χ2n) is 9.48. The summed E-state index contributed by atoms with van der Waals surface area (Å²) in [4.78, 5) is 20.4. The topological polar surface area (TPSA) is 76.4 Å². The van der Waals surface area contributed by atoms with E-state index in [0.29, 0.717) is 19.0 Å². The van der Waals surface area contributed by atoms with Gasteiger partial charge in [0.2, 0.25) is 5.91 Å². The molecular weight excluding hydrogens is 423 g/mol. The number of hydrogen-bond donors (Lipinski definition) is 0. The molecule has 0 bridgehead atoms. The molecule has 1 aromatic carbocycles. The Bertz CT molecular complexity index is 1230. The number of hydrogen-bond acceptors (Lipinski definition) is 6. The Morgan fingerprint density at radius 1 is 1.15 bits per heavy atom. The molecule has 2 aliphatic heterocycles. The normalized spacial score (nSPS) is 18.8. The van der Waals surface area contributed by atoms with E-state index in [-0.39, 0.29) is 17.1 Å². The summed E-state index contributed by atoms with van der Waals surface area (Å²) in [5.41, 5.74) is 2.29. The SMILES string of the molecule is COc1ccc2c(c1)CN(C(C)=O)Cc1nnc(C3CC4(C3)CN(c3ccc(F)cn3)C4)n1-2. The van der Waals surface area contributed by atoms with Crippen LogP contribution in [0.15, 0.2) is 36.5 Å². The first-order valence-corrected chi connectivity index (χ1v) is 11.2. The highest BCUT2D eigenvalue weighted by molar-refractivity contribution is 5.73. The van der Waals surface area contributed by atoms with Crippen LogP contribution in [0.2, 0.25) is 0 Å². The molecule has 0 N–H and O–H groups in total. The summed E-state index contributed by atoms with van der Waals surface area (Å²) < 4.78 is 20.7. The highest BCUT2D eigenvalue weighted by Gasteiger charge is 2.54. The molecule has 2 fully saturated rings. The van der Waals surface area contributed by atoms with Gasteiger partial charge in [0.1, 0.15) is 23.2 Å². The Kier molecular flexibility index (Phi) is 4.43. The number of nitrogens with zero attached hydrogens (tertiary/aromatic N) is 6. The van der Waals surface area contributed by atoms with Gasteiger partial charge in [-0.25, -0.2) is 9.37 Å². The lowest BCUT2D eigenvalue weighted by molar-refractivity contribution is -0.130. The summed E-state index contributed by atoms with van der Waals surface area (Å²) in [5.74, 6) is 3.35. The zero-order valence-electron chi connectivity index (χ0n) is 18.7. The second-order valence-corrected chi connectivity index (χ2v) is 9.48. The van der Waals surface area contributed by atoms with E-state index in [1.807, 2.05) is 18.2 Å². The molecule has 1 saturated carbocycles. The highest BCUT2D eigenvalue weighted by Crippen LogP contribution is 2.56. The zero-order chi connectivity index (χ0) is 22.7. The number of rotatable bonds is 3. The van der Waals surface area contributed by atoms with Gasteiger partial charge in [-0.2, -0.15) is 0 Å². The molecule has 6 rings (SSSR count). The third kappa shape index (κ3) is 3.25. The predicted molar refractivity (Wildman–Crippen MR) is 119 cm³/mol. The summed E-state index contributed by atoms with van der Waals surface area (Å²) in [5, 5.41) is 9.07. The molecule has 8 nitrogen and oxygen atoms in total. The van der Waals surface area contributed by atoms with Crippen LogP contribution in [0, 0.1) is 11.2 Å². The zero-order valence-corrected chi connectivity index (χ0v) is 18.7. The van der Waals surface area contributed by atoms with Crippen molar-refractivity contribution >= 4 is 11.7 Å². The van der Waals surface area contributed by atoms with E-state index in [1.54, 1.807) is 25.0 Å². The number of carbonyl (C=O) groups excluding carboxylic acids is 1. The van der Waals surface area contributed by atoms with Crippen molar-refractivity contribution in [3.05, 3.63) is 59.6 Å².